The molecule has 1 N–H and O–H groups in total. The Morgan fingerprint density at radius 1 is 1.03 bits per heavy atom. The van der Waals surface area contributed by atoms with E-state index in [-0.39, 0.29) is 24.0 Å². The first-order valence-electron chi connectivity index (χ1n) is 8.86. The molecular formula is C22H17FN2O3S. The molecule has 0 atom stereocenters. The maximum atomic E-state index is 13.2. The standard InChI is InChI=1S/C22H17FN2O3S/c1-28-17-5-2-4-16(12-17)24-20-19(18-6-3-11-29-18)21(26)25(22(20)27)13-14-7-9-15(23)10-8-14/h2-12,24H,13H2,1H3. The van der Waals surface area contributed by atoms with Gasteiger partial charge >= 0.3 is 0 Å². The van der Waals surface area contributed by atoms with Crippen molar-refractivity contribution in [1.82, 2.24) is 4.90 Å². The Morgan fingerprint density at radius 3 is 2.52 bits per heavy atom. The van der Waals surface area contributed by atoms with Crippen LogP contribution in [0.2, 0.25) is 0 Å². The fraction of sp³-hybridized carbons (Fsp3) is 0.0909. The molecule has 1 aliphatic rings. The Hall–Kier alpha value is -3.45. The predicted octanol–water partition coefficient (Wildman–Crippen LogP) is 4.29. The Bertz CT molecular complexity index is 1090. The Balaban J connectivity index is 1.69. The summed E-state index contributed by atoms with van der Waals surface area (Å²) in [5.74, 6) is -0.545. The fourth-order valence-corrected chi connectivity index (χ4v) is 3.87. The summed E-state index contributed by atoms with van der Waals surface area (Å²) in [5, 5.41) is 4.95. The Labute approximate surface area is 171 Å². The van der Waals surface area contributed by atoms with Gasteiger partial charge in [0, 0.05) is 16.6 Å². The highest BCUT2D eigenvalue weighted by molar-refractivity contribution is 7.11. The van der Waals surface area contributed by atoms with E-state index in [0.29, 0.717) is 27.5 Å². The number of anilines is 1. The van der Waals surface area contributed by atoms with Gasteiger partial charge in [-0.05, 0) is 41.3 Å². The van der Waals surface area contributed by atoms with E-state index in [1.54, 1.807) is 49.6 Å². The van der Waals surface area contributed by atoms with Crippen molar-refractivity contribution in [2.24, 2.45) is 0 Å². The number of amides is 2. The van der Waals surface area contributed by atoms with Gasteiger partial charge in [0.25, 0.3) is 11.8 Å². The van der Waals surface area contributed by atoms with E-state index in [9.17, 15) is 14.0 Å². The number of nitrogens with zero attached hydrogens (tertiary/aromatic N) is 1. The average Bonchev–Trinajstić information content (AvgIpc) is 3.33. The largest absolute Gasteiger partial charge is 0.497 e. The maximum Gasteiger partial charge on any atom is 0.278 e. The van der Waals surface area contributed by atoms with E-state index in [1.165, 1.54) is 28.4 Å². The molecule has 29 heavy (non-hydrogen) atoms. The molecule has 2 amide bonds. The first-order valence-corrected chi connectivity index (χ1v) is 9.74. The molecule has 5 nitrogen and oxygen atoms in total. The number of carbonyl (C=O) groups is 2. The van der Waals surface area contributed by atoms with Gasteiger partial charge in [0.1, 0.15) is 17.3 Å². The van der Waals surface area contributed by atoms with Gasteiger partial charge < -0.3 is 10.1 Å². The van der Waals surface area contributed by atoms with Crippen LogP contribution in [-0.4, -0.2) is 23.8 Å². The van der Waals surface area contributed by atoms with Gasteiger partial charge in [0.15, 0.2) is 0 Å². The number of rotatable bonds is 6. The van der Waals surface area contributed by atoms with E-state index in [4.69, 9.17) is 4.74 Å². The van der Waals surface area contributed by atoms with Gasteiger partial charge in [-0.2, -0.15) is 0 Å². The minimum atomic E-state index is -0.425. The van der Waals surface area contributed by atoms with Crippen molar-refractivity contribution in [1.29, 1.82) is 0 Å². The lowest BCUT2D eigenvalue weighted by atomic mass is 10.1. The summed E-state index contributed by atoms with van der Waals surface area (Å²) in [4.78, 5) is 28.1. The number of imide groups is 1. The molecule has 1 aromatic heterocycles. The van der Waals surface area contributed by atoms with Crippen molar-refractivity contribution in [3.63, 3.8) is 0 Å². The van der Waals surface area contributed by atoms with Crippen LogP contribution in [0.4, 0.5) is 10.1 Å². The SMILES string of the molecule is COc1cccc(NC2=C(c3cccs3)C(=O)N(Cc3ccc(F)cc3)C2=O)c1. The van der Waals surface area contributed by atoms with Crippen LogP contribution >= 0.6 is 11.3 Å². The number of ether oxygens (including phenoxy) is 1. The minimum absolute atomic E-state index is 0.0656. The molecular weight excluding hydrogens is 391 g/mol. The van der Waals surface area contributed by atoms with Crippen molar-refractivity contribution in [2.75, 3.05) is 12.4 Å². The predicted molar refractivity (Wildman–Crippen MR) is 110 cm³/mol. The number of carbonyl (C=O) groups excluding carboxylic acids is 2. The number of nitrogens with one attached hydrogen (secondary N) is 1. The summed E-state index contributed by atoms with van der Waals surface area (Å²) in [6, 6.07) is 16.5. The van der Waals surface area contributed by atoms with Crippen LogP contribution in [-0.2, 0) is 16.1 Å². The van der Waals surface area contributed by atoms with Crippen molar-refractivity contribution < 1.29 is 18.7 Å². The number of hydrogen-bond donors (Lipinski definition) is 1. The lowest BCUT2D eigenvalue weighted by molar-refractivity contribution is -0.137. The van der Waals surface area contributed by atoms with E-state index >= 15 is 0 Å². The molecule has 0 saturated heterocycles. The molecule has 0 saturated carbocycles. The third kappa shape index (κ3) is 3.77. The second-order valence-electron chi connectivity index (χ2n) is 6.41. The summed E-state index contributed by atoms with van der Waals surface area (Å²) in [7, 11) is 1.56. The molecule has 146 valence electrons. The first kappa shape index (κ1) is 18.9. The second-order valence-corrected chi connectivity index (χ2v) is 7.35. The monoisotopic (exact) mass is 408 g/mol. The van der Waals surface area contributed by atoms with Gasteiger partial charge in [-0.25, -0.2) is 4.39 Å². The second kappa shape index (κ2) is 7.89. The summed E-state index contributed by atoms with van der Waals surface area (Å²) in [6.07, 6.45) is 0. The normalized spacial score (nSPS) is 13.9. The molecule has 1 aliphatic heterocycles. The number of hydrogen-bond acceptors (Lipinski definition) is 5. The van der Waals surface area contributed by atoms with Gasteiger partial charge in [-0.3, -0.25) is 14.5 Å². The molecule has 0 radical (unpaired) electrons. The van der Waals surface area contributed by atoms with E-state index < -0.39 is 5.91 Å². The van der Waals surface area contributed by atoms with Crippen LogP contribution in [0, 0.1) is 5.82 Å². The van der Waals surface area contributed by atoms with Crippen molar-refractivity contribution in [3.05, 3.63) is 88.0 Å². The topological polar surface area (TPSA) is 58.6 Å². The Kier molecular flexibility index (Phi) is 5.14. The van der Waals surface area contributed by atoms with Gasteiger partial charge in [-0.1, -0.05) is 24.3 Å². The van der Waals surface area contributed by atoms with Crippen LogP contribution in [0.1, 0.15) is 10.4 Å². The molecule has 3 aromatic rings. The fourth-order valence-electron chi connectivity index (χ4n) is 3.10. The molecule has 7 heteroatoms. The third-order valence-corrected chi connectivity index (χ3v) is 5.42. The zero-order valence-electron chi connectivity index (χ0n) is 15.5. The molecule has 0 aliphatic carbocycles. The third-order valence-electron chi connectivity index (χ3n) is 4.53. The number of benzene rings is 2. The summed E-state index contributed by atoms with van der Waals surface area (Å²) in [5.41, 5.74) is 1.85. The number of methoxy groups -OCH3 is 1. The van der Waals surface area contributed by atoms with E-state index in [1.807, 2.05) is 11.4 Å². The van der Waals surface area contributed by atoms with E-state index in [2.05, 4.69) is 5.32 Å². The van der Waals surface area contributed by atoms with Gasteiger partial charge in [0.05, 0.1) is 19.2 Å². The molecule has 2 heterocycles. The lowest BCUT2D eigenvalue weighted by Crippen LogP contribution is -2.31. The smallest absolute Gasteiger partial charge is 0.278 e. The van der Waals surface area contributed by atoms with Gasteiger partial charge in [-0.15, -0.1) is 11.3 Å². The molecule has 4 rings (SSSR count). The Morgan fingerprint density at radius 2 is 1.83 bits per heavy atom. The highest BCUT2D eigenvalue weighted by Gasteiger charge is 2.39. The van der Waals surface area contributed by atoms with Crippen molar-refractivity contribution >= 4 is 34.4 Å². The van der Waals surface area contributed by atoms with Crippen LogP contribution < -0.4 is 10.1 Å². The minimum Gasteiger partial charge on any atom is -0.497 e. The molecule has 0 unspecified atom stereocenters. The average molecular weight is 408 g/mol. The molecule has 0 spiro atoms. The number of thiophene rings is 1. The number of halogens is 1. The maximum absolute atomic E-state index is 13.2. The quantitative estimate of drug-likeness (QED) is 0.619. The van der Waals surface area contributed by atoms with Crippen molar-refractivity contribution in [3.8, 4) is 5.75 Å². The molecule has 2 aromatic carbocycles. The first-order chi connectivity index (χ1) is 14.1. The lowest BCUT2D eigenvalue weighted by Gasteiger charge is -2.15. The van der Waals surface area contributed by atoms with E-state index in [0.717, 1.165) is 0 Å². The highest BCUT2D eigenvalue weighted by atomic mass is 32.1. The van der Waals surface area contributed by atoms with Crippen molar-refractivity contribution in [2.45, 2.75) is 6.54 Å². The van der Waals surface area contributed by atoms with Crippen LogP contribution in [0.3, 0.4) is 0 Å². The molecule has 0 fully saturated rings. The highest BCUT2D eigenvalue weighted by Crippen LogP contribution is 2.34. The zero-order chi connectivity index (χ0) is 20.4. The summed E-state index contributed by atoms with van der Waals surface area (Å²) < 4.78 is 18.4. The zero-order valence-corrected chi connectivity index (χ0v) is 16.3. The summed E-state index contributed by atoms with van der Waals surface area (Å²) >= 11 is 1.39. The van der Waals surface area contributed by atoms with Gasteiger partial charge in [0.2, 0.25) is 0 Å². The van der Waals surface area contributed by atoms with Crippen LogP contribution in [0.25, 0.3) is 5.57 Å². The van der Waals surface area contributed by atoms with Crippen LogP contribution in [0.15, 0.2) is 71.7 Å². The van der Waals surface area contributed by atoms with Crippen LogP contribution in [0.5, 0.6) is 5.75 Å². The summed E-state index contributed by atoms with van der Waals surface area (Å²) in [6.45, 7) is 0.0656. The molecule has 0 bridgehead atoms.